The Kier molecular flexibility index (Phi) is 5.85. The molecule has 6 rings (SSSR count). The van der Waals surface area contributed by atoms with Crippen molar-refractivity contribution in [1.82, 2.24) is 4.90 Å². The van der Waals surface area contributed by atoms with Gasteiger partial charge in [-0.1, -0.05) is 66.8 Å². The molecule has 2 aromatic rings. The number of benzene rings is 2. The minimum absolute atomic E-state index is 0.00436. The Labute approximate surface area is 221 Å². The third-order valence-corrected chi connectivity index (χ3v) is 9.29. The van der Waals surface area contributed by atoms with Gasteiger partial charge in [0.05, 0.1) is 12.8 Å². The van der Waals surface area contributed by atoms with E-state index in [-0.39, 0.29) is 43.4 Å². The number of aliphatic hydroxyl groups excluding tert-OH is 2. The lowest BCUT2D eigenvalue weighted by atomic mass is 9.54. The van der Waals surface area contributed by atoms with Crippen LogP contribution in [0.15, 0.2) is 79.4 Å². The van der Waals surface area contributed by atoms with Gasteiger partial charge in [-0.2, -0.15) is 0 Å². The standard InChI is InChI=1S/C30H32N2O6/c1-3-29-18-31(27(35)37-2)25-20(16-33)21(29)13-14-30(26(25)29)15-24(34)32(23-12-8-7-11-22(23)30)28(36)38-17-19-9-5-4-6-10-19/h3-14,20-21,24-26,33-34H,1,15-18H2,2H3/t20-,21+,24+,25+,26-,29?,30+/m0/s1. The monoisotopic (exact) mass is 516 g/mol. The summed E-state index contributed by atoms with van der Waals surface area (Å²) >= 11 is 0. The molecule has 2 aromatic carbocycles. The van der Waals surface area contributed by atoms with E-state index in [1.807, 2.05) is 60.7 Å². The summed E-state index contributed by atoms with van der Waals surface area (Å²) in [5.41, 5.74) is 1.09. The number of hydrogen-bond donors (Lipinski definition) is 2. The first-order valence-electron chi connectivity index (χ1n) is 13.0. The number of carbonyl (C=O) groups is 2. The van der Waals surface area contributed by atoms with Crippen LogP contribution in [0.3, 0.4) is 0 Å². The number of fused-ring (bicyclic) bond motifs is 2. The Morgan fingerprint density at radius 2 is 1.87 bits per heavy atom. The second kappa shape index (κ2) is 8.99. The van der Waals surface area contributed by atoms with Gasteiger partial charge < -0.3 is 24.6 Å². The molecule has 2 fully saturated rings. The largest absolute Gasteiger partial charge is 0.453 e. The molecule has 8 heteroatoms. The summed E-state index contributed by atoms with van der Waals surface area (Å²) in [6, 6.07) is 16.6. The number of para-hydroxylation sites is 1. The zero-order chi connectivity index (χ0) is 26.7. The number of methoxy groups -OCH3 is 1. The van der Waals surface area contributed by atoms with Gasteiger partial charge in [-0.15, -0.1) is 6.58 Å². The first-order valence-corrected chi connectivity index (χ1v) is 13.0. The predicted octanol–water partition coefficient (Wildman–Crippen LogP) is 3.84. The Balaban J connectivity index is 1.42. The van der Waals surface area contributed by atoms with Crippen LogP contribution in [-0.4, -0.2) is 59.8 Å². The molecule has 2 aliphatic heterocycles. The fourth-order valence-electron chi connectivity index (χ4n) is 7.94. The van der Waals surface area contributed by atoms with Gasteiger partial charge in [-0.05, 0) is 23.1 Å². The number of piperidine rings is 1. The Hall–Kier alpha value is -3.62. The summed E-state index contributed by atoms with van der Waals surface area (Å²) in [7, 11) is 1.36. The number of nitrogens with zero attached hydrogens (tertiary/aromatic N) is 2. The van der Waals surface area contributed by atoms with Crippen molar-refractivity contribution < 1.29 is 29.3 Å². The summed E-state index contributed by atoms with van der Waals surface area (Å²) in [5.74, 6) is -0.360. The summed E-state index contributed by atoms with van der Waals surface area (Å²) < 4.78 is 10.7. The van der Waals surface area contributed by atoms with E-state index in [0.29, 0.717) is 12.2 Å². The second-order valence-corrected chi connectivity index (χ2v) is 10.8. The van der Waals surface area contributed by atoms with Gasteiger partial charge in [0.15, 0.2) is 0 Å². The lowest BCUT2D eigenvalue weighted by Crippen LogP contribution is -2.55. The van der Waals surface area contributed by atoms with Crippen molar-refractivity contribution in [2.75, 3.05) is 25.2 Å². The Bertz CT molecular complexity index is 1300. The Morgan fingerprint density at radius 3 is 2.58 bits per heavy atom. The summed E-state index contributed by atoms with van der Waals surface area (Å²) in [5, 5.41) is 22.0. The van der Waals surface area contributed by atoms with Crippen LogP contribution < -0.4 is 4.90 Å². The number of ether oxygens (including phenoxy) is 2. The first-order chi connectivity index (χ1) is 18.4. The van der Waals surface area contributed by atoms with Crippen molar-refractivity contribution in [2.24, 2.45) is 23.2 Å². The SMILES string of the molecule is C=CC12CN(C(=O)OC)[C@@H]3[C@@H](CO)[C@H]1C=C[C@]1(C[C@@H](O)N(C(=O)OCc4ccccc4)c4ccccc41)[C@@H]32. The maximum Gasteiger partial charge on any atom is 0.416 e. The van der Waals surface area contributed by atoms with Crippen molar-refractivity contribution in [3.8, 4) is 0 Å². The second-order valence-electron chi connectivity index (χ2n) is 10.8. The normalized spacial score (nSPS) is 34.2. The first kappa shape index (κ1) is 24.7. The lowest BCUT2D eigenvalue weighted by molar-refractivity contribution is 0.0520. The number of hydrogen-bond acceptors (Lipinski definition) is 6. The van der Waals surface area contributed by atoms with Crippen LogP contribution in [-0.2, 0) is 21.5 Å². The fourth-order valence-corrected chi connectivity index (χ4v) is 7.94. The van der Waals surface area contributed by atoms with E-state index in [9.17, 15) is 19.8 Å². The summed E-state index contributed by atoms with van der Waals surface area (Å²) in [6.45, 7) is 4.62. The molecular formula is C30H32N2O6. The molecule has 8 nitrogen and oxygen atoms in total. The van der Waals surface area contributed by atoms with Crippen molar-refractivity contribution in [3.05, 3.63) is 90.5 Å². The molecule has 1 saturated heterocycles. The lowest BCUT2D eigenvalue weighted by Gasteiger charge is -2.52. The fraction of sp³-hybridized carbons (Fsp3) is 0.400. The molecule has 7 atom stereocenters. The summed E-state index contributed by atoms with van der Waals surface area (Å²) in [4.78, 5) is 29.2. The number of carbonyl (C=O) groups excluding carboxylic acids is 2. The van der Waals surface area contributed by atoms with Gasteiger partial charge in [0.2, 0.25) is 0 Å². The minimum atomic E-state index is -1.16. The highest BCUT2D eigenvalue weighted by Crippen LogP contribution is 2.70. The zero-order valence-corrected chi connectivity index (χ0v) is 21.3. The van der Waals surface area contributed by atoms with Crippen LogP contribution in [0.4, 0.5) is 15.3 Å². The smallest absolute Gasteiger partial charge is 0.416 e. The number of allylic oxidation sites excluding steroid dienone is 2. The highest BCUT2D eigenvalue weighted by Gasteiger charge is 2.73. The number of rotatable bonds is 4. The van der Waals surface area contributed by atoms with E-state index in [2.05, 4.69) is 18.7 Å². The van der Waals surface area contributed by atoms with Crippen LogP contribution in [0, 0.1) is 23.2 Å². The number of likely N-dealkylation sites (tertiary alicyclic amines) is 1. The molecule has 2 heterocycles. The van der Waals surface area contributed by atoms with Crippen molar-refractivity contribution in [3.63, 3.8) is 0 Å². The predicted molar refractivity (Wildman–Crippen MR) is 140 cm³/mol. The maximum absolute atomic E-state index is 13.3. The molecule has 38 heavy (non-hydrogen) atoms. The molecule has 1 saturated carbocycles. The molecule has 4 aliphatic rings. The van der Waals surface area contributed by atoms with Gasteiger partial charge in [-0.25, -0.2) is 9.59 Å². The average molecular weight is 517 g/mol. The van der Waals surface area contributed by atoms with Crippen LogP contribution in [0.1, 0.15) is 17.5 Å². The summed E-state index contributed by atoms with van der Waals surface area (Å²) in [6.07, 6.45) is 4.18. The van der Waals surface area contributed by atoms with Crippen molar-refractivity contribution >= 4 is 17.9 Å². The molecule has 0 radical (unpaired) electrons. The van der Waals surface area contributed by atoms with Crippen molar-refractivity contribution in [2.45, 2.75) is 30.7 Å². The van der Waals surface area contributed by atoms with Crippen molar-refractivity contribution in [1.29, 1.82) is 0 Å². The average Bonchev–Trinajstić information content (AvgIpc) is 3.40. The van der Waals surface area contributed by atoms with Crippen LogP contribution in [0.5, 0.6) is 0 Å². The van der Waals surface area contributed by atoms with Gasteiger partial charge in [0, 0.05) is 48.3 Å². The number of amides is 2. The van der Waals surface area contributed by atoms with Gasteiger partial charge in [0.25, 0.3) is 0 Å². The zero-order valence-electron chi connectivity index (χ0n) is 21.3. The molecule has 2 N–H and O–H groups in total. The molecule has 198 valence electrons. The van der Waals surface area contributed by atoms with Crippen LogP contribution in [0.2, 0.25) is 0 Å². The van der Waals surface area contributed by atoms with E-state index >= 15 is 0 Å². The van der Waals surface area contributed by atoms with Gasteiger partial charge >= 0.3 is 12.2 Å². The molecule has 1 spiro atoms. The topological polar surface area (TPSA) is 99.5 Å². The van der Waals surface area contributed by atoms with E-state index in [1.54, 1.807) is 4.90 Å². The molecule has 2 aliphatic carbocycles. The van der Waals surface area contributed by atoms with Gasteiger partial charge in [0.1, 0.15) is 12.8 Å². The molecule has 0 aromatic heterocycles. The van der Waals surface area contributed by atoms with E-state index in [1.165, 1.54) is 12.0 Å². The van der Waals surface area contributed by atoms with Gasteiger partial charge in [-0.3, -0.25) is 4.90 Å². The molecule has 4 bridgehead atoms. The van der Waals surface area contributed by atoms with E-state index < -0.39 is 29.2 Å². The molecular weight excluding hydrogens is 484 g/mol. The Morgan fingerprint density at radius 1 is 1.13 bits per heavy atom. The minimum Gasteiger partial charge on any atom is -0.453 e. The molecule has 1 unspecified atom stereocenters. The highest BCUT2D eigenvalue weighted by molar-refractivity contribution is 5.90. The van der Waals surface area contributed by atoms with Crippen LogP contribution in [0.25, 0.3) is 0 Å². The molecule has 2 amide bonds. The van der Waals surface area contributed by atoms with Crippen LogP contribution >= 0.6 is 0 Å². The maximum atomic E-state index is 13.3. The van der Waals surface area contributed by atoms with E-state index in [4.69, 9.17) is 9.47 Å². The third-order valence-electron chi connectivity index (χ3n) is 9.29. The highest BCUT2D eigenvalue weighted by atomic mass is 16.6. The number of anilines is 1. The number of aliphatic hydroxyl groups is 2. The van der Waals surface area contributed by atoms with E-state index in [0.717, 1.165) is 11.1 Å². The third kappa shape index (κ3) is 3.23. The quantitative estimate of drug-likeness (QED) is 0.600.